The van der Waals surface area contributed by atoms with Gasteiger partial charge in [-0.3, -0.25) is 4.79 Å². The molecule has 156 valence electrons. The van der Waals surface area contributed by atoms with E-state index in [2.05, 4.69) is 29.6 Å². The lowest BCUT2D eigenvalue weighted by molar-refractivity contribution is -0.126. The van der Waals surface area contributed by atoms with Gasteiger partial charge in [-0.2, -0.15) is 0 Å². The summed E-state index contributed by atoms with van der Waals surface area (Å²) in [5, 5.41) is 22.0. The van der Waals surface area contributed by atoms with E-state index in [0.717, 1.165) is 32.5 Å². The molecule has 1 heterocycles. The Hall–Kier alpha value is -2.79. The topological polar surface area (TPSA) is 72.8 Å². The molecule has 1 amide bonds. The number of carbonyl (C=O) groups excluding carboxylic acids is 1. The van der Waals surface area contributed by atoms with Gasteiger partial charge in [-0.05, 0) is 60.7 Å². The van der Waals surface area contributed by atoms with Crippen LogP contribution in [-0.2, 0) is 11.3 Å². The largest absolute Gasteiger partial charge is 0.504 e. The molecule has 1 aliphatic rings. The van der Waals surface area contributed by atoms with E-state index >= 15 is 0 Å². The summed E-state index contributed by atoms with van der Waals surface area (Å²) < 4.78 is 0. The molecule has 3 rings (SSSR count). The maximum Gasteiger partial charge on any atom is 0.246 e. The fraction of sp³-hybridized carbons (Fsp3) is 0.375. The highest BCUT2D eigenvalue weighted by Crippen LogP contribution is 2.29. The molecular weight excluding hydrogens is 364 g/mol. The predicted molar refractivity (Wildman–Crippen MR) is 118 cm³/mol. The maximum absolute atomic E-state index is 12.4. The number of amides is 1. The number of hydrogen-bond donors (Lipinski definition) is 3. The fourth-order valence-corrected chi connectivity index (χ4v) is 3.51. The van der Waals surface area contributed by atoms with E-state index in [9.17, 15) is 15.0 Å². The fourth-order valence-electron chi connectivity index (χ4n) is 3.51. The summed E-state index contributed by atoms with van der Waals surface area (Å²) in [4.78, 5) is 14.3. The summed E-state index contributed by atoms with van der Waals surface area (Å²) in [5.41, 5.74) is 3.31. The molecule has 0 radical (unpaired) electrons. The normalized spacial score (nSPS) is 14.5. The molecule has 0 saturated carbocycles. The van der Waals surface area contributed by atoms with Crippen LogP contribution in [0.5, 0.6) is 11.5 Å². The zero-order chi connectivity index (χ0) is 21.2. The third kappa shape index (κ3) is 6.36. The van der Waals surface area contributed by atoms with Crippen LogP contribution in [-0.4, -0.2) is 41.2 Å². The van der Waals surface area contributed by atoms with E-state index in [4.69, 9.17) is 0 Å². The van der Waals surface area contributed by atoms with E-state index in [1.807, 2.05) is 25.8 Å². The van der Waals surface area contributed by atoms with Crippen LogP contribution >= 0.6 is 0 Å². The van der Waals surface area contributed by atoms with Crippen molar-refractivity contribution >= 4 is 12.0 Å². The zero-order valence-corrected chi connectivity index (χ0v) is 17.6. The Labute approximate surface area is 173 Å². The number of phenolic OH excluding ortho intramolecular Hbond substituents is 2. The summed E-state index contributed by atoms with van der Waals surface area (Å²) in [5.74, 6) is 0.110. The van der Waals surface area contributed by atoms with Crippen LogP contribution in [0, 0.1) is 0 Å². The number of nitrogens with one attached hydrogen (secondary N) is 1. The average Bonchev–Trinajstić information content (AvgIpc) is 2.76. The van der Waals surface area contributed by atoms with Crippen molar-refractivity contribution in [1.82, 2.24) is 10.2 Å². The smallest absolute Gasteiger partial charge is 0.246 e. The van der Waals surface area contributed by atoms with Gasteiger partial charge in [-0.15, -0.1) is 0 Å². The molecule has 2 aromatic carbocycles. The van der Waals surface area contributed by atoms with Crippen molar-refractivity contribution in [2.75, 3.05) is 20.1 Å². The SMILES string of the molecule is CC.CNCc1cccc(C2CCN(C(=O)/C=C/c3ccc(O)c(O)c3)CC2)c1. The number of piperidine rings is 1. The number of likely N-dealkylation sites (tertiary alicyclic amines) is 1. The third-order valence-corrected chi connectivity index (χ3v) is 5.03. The first-order chi connectivity index (χ1) is 14.1. The molecule has 0 aliphatic carbocycles. The Balaban J connectivity index is 0.00000145. The van der Waals surface area contributed by atoms with Crippen LogP contribution < -0.4 is 5.32 Å². The van der Waals surface area contributed by atoms with Gasteiger partial charge in [0.25, 0.3) is 0 Å². The van der Waals surface area contributed by atoms with Crippen molar-refractivity contribution in [2.24, 2.45) is 0 Å². The molecule has 2 aromatic rings. The van der Waals surface area contributed by atoms with Crippen molar-refractivity contribution in [3.8, 4) is 11.5 Å². The van der Waals surface area contributed by atoms with Gasteiger partial charge in [-0.25, -0.2) is 0 Å². The standard InChI is InChI=1S/C22H26N2O3.C2H6/c1-23-15-17-3-2-4-19(13-17)18-9-11-24(12-10-18)22(27)8-6-16-5-7-20(25)21(26)14-16;1-2/h2-8,13-14,18,23,25-26H,9-12,15H2,1H3;1-2H3/b8-6+;. The lowest BCUT2D eigenvalue weighted by Gasteiger charge is -2.31. The van der Waals surface area contributed by atoms with Crippen molar-refractivity contribution < 1.29 is 15.0 Å². The summed E-state index contributed by atoms with van der Waals surface area (Å²) >= 11 is 0. The summed E-state index contributed by atoms with van der Waals surface area (Å²) in [6.45, 7) is 6.35. The average molecular weight is 397 g/mol. The Kier molecular flexibility index (Phi) is 8.74. The van der Waals surface area contributed by atoms with Gasteiger partial charge in [0.05, 0.1) is 0 Å². The van der Waals surface area contributed by atoms with Crippen LogP contribution in [0.1, 0.15) is 49.3 Å². The van der Waals surface area contributed by atoms with Crippen LogP contribution in [0.3, 0.4) is 0 Å². The summed E-state index contributed by atoms with van der Waals surface area (Å²) in [6.07, 6.45) is 5.11. The van der Waals surface area contributed by atoms with E-state index < -0.39 is 0 Å². The summed E-state index contributed by atoms with van der Waals surface area (Å²) in [7, 11) is 1.95. The highest BCUT2D eigenvalue weighted by Gasteiger charge is 2.22. The van der Waals surface area contributed by atoms with Gasteiger partial charge in [0.1, 0.15) is 0 Å². The van der Waals surface area contributed by atoms with Crippen molar-refractivity contribution in [2.45, 2.75) is 39.2 Å². The number of rotatable bonds is 5. The predicted octanol–water partition coefficient (Wildman–Crippen LogP) is 4.26. The van der Waals surface area contributed by atoms with Crippen LogP contribution in [0.2, 0.25) is 0 Å². The number of benzene rings is 2. The van der Waals surface area contributed by atoms with Gasteiger partial charge in [0.2, 0.25) is 5.91 Å². The number of hydrogen-bond acceptors (Lipinski definition) is 4. The second kappa shape index (κ2) is 11.3. The molecule has 3 N–H and O–H groups in total. The number of nitrogens with zero attached hydrogens (tertiary/aromatic N) is 1. The van der Waals surface area contributed by atoms with Gasteiger partial charge in [0, 0.05) is 25.7 Å². The highest BCUT2D eigenvalue weighted by molar-refractivity contribution is 5.92. The minimum atomic E-state index is -0.189. The van der Waals surface area contributed by atoms with Gasteiger partial charge < -0.3 is 20.4 Å². The van der Waals surface area contributed by atoms with Crippen molar-refractivity contribution in [3.63, 3.8) is 0 Å². The minimum absolute atomic E-state index is 0.0232. The summed E-state index contributed by atoms with van der Waals surface area (Å²) in [6, 6.07) is 13.2. The Bertz CT molecular complexity index is 825. The second-order valence-electron chi connectivity index (χ2n) is 6.96. The minimum Gasteiger partial charge on any atom is -0.504 e. The van der Waals surface area contributed by atoms with Gasteiger partial charge in [-0.1, -0.05) is 44.2 Å². The van der Waals surface area contributed by atoms with Crippen LogP contribution in [0.25, 0.3) is 6.08 Å². The van der Waals surface area contributed by atoms with Crippen LogP contribution in [0.4, 0.5) is 0 Å². The van der Waals surface area contributed by atoms with Crippen LogP contribution in [0.15, 0.2) is 48.5 Å². The van der Waals surface area contributed by atoms with E-state index in [1.54, 1.807) is 12.1 Å². The molecule has 1 aliphatic heterocycles. The van der Waals surface area contributed by atoms with Gasteiger partial charge >= 0.3 is 0 Å². The molecule has 1 saturated heterocycles. The molecule has 1 fully saturated rings. The Morgan fingerprint density at radius 3 is 2.48 bits per heavy atom. The molecule has 0 atom stereocenters. The zero-order valence-electron chi connectivity index (χ0n) is 17.6. The number of aromatic hydroxyl groups is 2. The lowest BCUT2D eigenvalue weighted by Crippen LogP contribution is -2.36. The quantitative estimate of drug-likeness (QED) is 0.521. The molecule has 0 spiro atoms. The highest BCUT2D eigenvalue weighted by atomic mass is 16.3. The van der Waals surface area contributed by atoms with E-state index in [1.165, 1.54) is 29.3 Å². The van der Waals surface area contributed by atoms with Crippen molar-refractivity contribution in [1.29, 1.82) is 0 Å². The first kappa shape index (κ1) is 22.5. The first-order valence-corrected chi connectivity index (χ1v) is 10.3. The molecular formula is C24H32N2O3. The molecule has 29 heavy (non-hydrogen) atoms. The molecule has 5 heteroatoms. The number of phenols is 2. The van der Waals surface area contributed by atoms with Gasteiger partial charge in [0.15, 0.2) is 11.5 Å². The Morgan fingerprint density at radius 1 is 1.10 bits per heavy atom. The monoisotopic (exact) mass is 396 g/mol. The maximum atomic E-state index is 12.4. The van der Waals surface area contributed by atoms with E-state index in [-0.39, 0.29) is 17.4 Å². The Morgan fingerprint density at radius 2 is 1.83 bits per heavy atom. The number of carbonyl (C=O) groups is 1. The second-order valence-corrected chi connectivity index (χ2v) is 6.96. The molecule has 0 unspecified atom stereocenters. The molecule has 5 nitrogen and oxygen atoms in total. The third-order valence-electron chi connectivity index (χ3n) is 5.03. The molecule has 0 bridgehead atoms. The lowest BCUT2D eigenvalue weighted by atomic mass is 9.88. The van der Waals surface area contributed by atoms with E-state index in [0.29, 0.717) is 11.5 Å². The van der Waals surface area contributed by atoms with Crippen molar-refractivity contribution in [3.05, 3.63) is 65.2 Å². The molecule has 0 aromatic heterocycles. The first-order valence-electron chi connectivity index (χ1n) is 10.3.